The van der Waals surface area contributed by atoms with Gasteiger partial charge in [-0.2, -0.15) is 10.3 Å². The van der Waals surface area contributed by atoms with Crippen LogP contribution in [0, 0.1) is 11.3 Å². The van der Waals surface area contributed by atoms with Crippen molar-refractivity contribution in [2.24, 2.45) is 0 Å². The fourth-order valence-corrected chi connectivity index (χ4v) is 0.0836. The molecule has 0 aromatic carbocycles. The molecule has 0 aliphatic heterocycles. The molecule has 0 aliphatic carbocycles. The van der Waals surface area contributed by atoms with Crippen LogP contribution >= 0.6 is 0 Å². The predicted octanol–water partition coefficient (Wildman–Crippen LogP) is 0.219. The zero-order valence-electron chi connectivity index (χ0n) is 4.42. The second-order valence-electron chi connectivity index (χ2n) is 1.38. The Morgan fingerprint density at radius 2 is 2.29 bits per heavy atom. The minimum atomic E-state index is -0.403. The summed E-state index contributed by atoms with van der Waals surface area (Å²) in [7, 11) is 1.44. The molecule has 0 saturated carbocycles. The third-order valence-electron chi connectivity index (χ3n) is 0.747. The van der Waals surface area contributed by atoms with Crippen LogP contribution in [0.15, 0.2) is 0 Å². The first-order valence-corrected chi connectivity index (χ1v) is 2.00. The van der Waals surface area contributed by atoms with E-state index < -0.39 is 6.04 Å². The van der Waals surface area contributed by atoms with Crippen molar-refractivity contribution in [1.29, 1.82) is 5.26 Å². The standard InChI is InChI=1S/C4H8N2O/c1-4(3-5)6(2)7/h4,7H,1-2H3. The van der Waals surface area contributed by atoms with Gasteiger partial charge < -0.3 is 5.21 Å². The number of nitrogens with zero attached hydrogens (tertiary/aromatic N) is 2. The maximum Gasteiger partial charge on any atom is 0.118 e. The maximum atomic E-state index is 8.43. The SMILES string of the molecule is CC(C#N)N(C)O. The van der Waals surface area contributed by atoms with Crippen LogP contribution < -0.4 is 0 Å². The van der Waals surface area contributed by atoms with Gasteiger partial charge in [-0.25, -0.2) is 0 Å². The highest BCUT2D eigenvalue weighted by Crippen LogP contribution is 1.84. The van der Waals surface area contributed by atoms with Crippen LogP contribution in [0.25, 0.3) is 0 Å². The molecule has 0 heterocycles. The molecule has 3 heteroatoms. The molecule has 1 atom stereocenters. The van der Waals surface area contributed by atoms with E-state index in [0.717, 1.165) is 5.06 Å². The van der Waals surface area contributed by atoms with Gasteiger partial charge in [0.25, 0.3) is 0 Å². The number of hydrogen-bond acceptors (Lipinski definition) is 3. The van der Waals surface area contributed by atoms with Crippen LogP contribution in [0.3, 0.4) is 0 Å². The summed E-state index contributed by atoms with van der Waals surface area (Å²) in [6.07, 6.45) is 0. The van der Waals surface area contributed by atoms with E-state index in [4.69, 9.17) is 10.5 Å². The summed E-state index contributed by atoms with van der Waals surface area (Å²) in [5.41, 5.74) is 0. The lowest BCUT2D eigenvalue weighted by molar-refractivity contribution is -0.0806. The maximum absolute atomic E-state index is 8.43. The normalized spacial score (nSPS) is 13.6. The van der Waals surface area contributed by atoms with Crippen LogP contribution in [0.4, 0.5) is 0 Å². The first kappa shape index (κ1) is 6.41. The molecule has 7 heavy (non-hydrogen) atoms. The largest absolute Gasteiger partial charge is 0.313 e. The van der Waals surface area contributed by atoms with Crippen LogP contribution in [0.5, 0.6) is 0 Å². The zero-order valence-corrected chi connectivity index (χ0v) is 4.42. The molecule has 0 saturated heterocycles. The number of hydrogen-bond donors (Lipinski definition) is 1. The molecule has 0 fully saturated rings. The van der Waals surface area contributed by atoms with E-state index >= 15 is 0 Å². The molecular weight excluding hydrogens is 92.1 g/mol. The zero-order chi connectivity index (χ0) is 5.86. The van der Waals surface area contributed by atoms with Gasteiger partial charge in [0.2, 0.25) is 0 Å². The van der Waals surface area contributed by atoms with Gasteiger partial charge in [0, 0.05) is 7.05 Å². The van der Waals surface area contributed by atoms with Crippen molar-refractivity contribution in [3.63, 3.8) is 0 Å². The number of rotatable bonds is 1. The Morgan fingerprint density at radius 1 is 1.86 bits per heavy atom. The van der Waals surface area contributed by atoms with Crippen molar-refractivity contribution < 1.29 is 5.21 Å². The molecule has 0 aliphatic rings. The lowest BCUT2D eigenvalue weighted by Gasteiger charge is -2.07. The van der Waals surface area contributed by atoms with Gasteiger partial charge in [0.15, 0.2) is 0 Å². The highest BCUT2D eigenvalue weighted by atomic mass is 16.5. The number of hydroxylamine groups is 2. The van der Waals surface area contributed by atoms with Gasteiger partial charge in [-0.15, -0.1) is 0 Å². The predicted molar refractivity (Wildman–Crippen MR) is 24.6 cm³/mol. The van der Waals surface area contributed by atoms with Gasteiger partial charge in [-0.05, 0) is 6.92 Å². The molecule has 40 valence electrons. The summed E-state index contributed by atoms with van der Waals surface area (Å²) >= 11 is 0. The van der Waals surface area contributed by atoms with Crippen LogP contribution in [0.1, 0.15) is 6.92 Å². The quantitative estimate of drug-likeness (QED) is 0.479. The molecule has 0 radical (unpaired) electrons. The molecule has 0 aromatic heterocycles. The van der Waals surface area contributed by atoms with Gasteiger partial charge in [0.05, 0.1) is 6.07 Å². The van der Waals surface area contributed by atoms with E-state index in [0.29, 0.717) is 0 Å². The lowest BCUT2D eigenvalue weighted by atomic mass is 10.4. The van der Waals surface area contributed by atoms with Crippen molar-refractivity contribution in [3.8, 4) is 6.07 Å². The molecule has 0 spiro atoms. The van der Waals surface area contributed by atoms with Crippen molar-refractivity contribution >= 4 is 0 Å². The summed E-state index contributed by atoms with van der Waals surface area (Å²) in [5, 5.41) is 17.3. The molecule has 0 rings (SSSR count). The average Bonchev–Trinajstić information content (AvgIpc) is 1.65. The summed E-state index contributed by atoms with van der Waals surface area (Å²) < 4.78 is 0. The van der Waals surface area contributed by atoms with Crippen molar-refractivity contribution in [3.05, 3.63) is 0 Å². The summed E-state index contributed by atoms with van der Waals surface area (Å²) in [6, 6.07) is 1.44. The van der Waals surface area contributed by atoms with E-state index in [9.17, 15) is 0 Å². The Morgan fingerprint density at radius 3 is 2.29 bits per heavy atom. The van der Waals surface area contributed by atoms with Crippen LogP contribution in [0.2, 0.25) is 0 Å². The van der Waals surface area contributed by atoms with Crippen molar-refractivity contribution in [2.45, 2.75) is 13.0 Å². The van der Waals surface area contributed by atoms with E-state index in [2.05, 4.69) is 0 Å². The Kier molecular flexibility index (Phi) is 2.34. The molecule has 1 N–H and O–H groups in total. The second kappa shape index (κ2) is 2.56. The highest BCUT2D eigenvalue weighted by Gasteiger charge is 2.00. The topological polar surface area (TPSA) is 47.3 Å². The van der Waals surface area contributed by atoms with E-state index in [-0.39, 0.29) is 0 Å². The van der Waals surface area contributed by atoms with Crippen molar-refractivity contribution in [1.82, 2.24) is 5.06 Å². The average molecular weight is 100 g/mol. The smallest absolute Gasteiger partial charge is 0.118 e. The van der Waals surface area contributed by atoms with Gasteiger partial charge in [0.1, 0.15) is 6.04 Å². The van der Waals surface area contributed by atoms with Crippen molar-refractivity contribution in [2.75, 3.05) is 7.05 Å². The minimum Gasteiger partial charge on any atom is -0.313 e. The van der Waals surface area contributed by atoms with Crippen LogP contribution in [-0.4, -0.2) is 23.4 Å². The van der Waals surface area contributed by atoms with E-state index in [1.54, 1.807) is 6.92 Å². The minimum absolute atomic E-state index is 0.403. The fourth-order valence-electron chi connectivity index (χ4n) is 0.0836. The monoisotopic (exact) mass is 100 g/mol. The fraction of sp³-hybridized carbons (Fsp3) is 0.750. The van der Waals surface area contributed by atoms with Gasteiger partial charge >= 0.3 is 0 Å². The van der Waals surface area contributed by atoms with E-state index in [1.165, 1.54) is 7.05 Å². The third-order valence-corrected chi connectivity index (χ3v) is 0.747. The molecule has 0 aromatic rings. The van der Waals surface area contributed by atoms with Gasteiger partial charge in [-0.1, -0.05) is 0 Å². The first-order valence-electron chi connectivity index (χ1n) is 2.00. The number of nitriles is 1. The Bertz CT molecular complexity index is 84.2. The third kappa shape index (κ3) is 2.15. The lowest BCUT2D eigenvalue weighted by Crippen LogP contribution is -2.22. The highest BCUT2D eigenvalue weighted by molar-refractivity contribution is 4.82. The molecular formula is C4H8N2O. The molecule has 3 nitrogen and oxygen atoms in total. The Balaban J connectivity index is 3.40. The Labute approximate surface area is 42.7 Å². The molecule has 1 unspecified atom stereocenters. The van der Waals surface area contributed by atoms with Crippen LogP contribution in [-0.2, 0) is 0 Å². The molecule has 0 bridgehead atoms. The molecule has 0 amide bonds. The summed E-state index contributed by atoms with van der Waals surface area (Å²) in [5.74, 6) is 0. The summed E-state index contributed by atoms with van der Waals surface area (Å²) in [6.45, 7) is 1.61. The summed E-state index contributed by atoms with van der Waals surface area (Å²) in [4.78, 5) is 0. The Hall–Kier alpha value is -0.590. The first-order chi connectivity index (χ1) is 3.18. The second-order valence-corrected chi connectivity index (χ2v) is 1.38. The van der Waals surface area contributed by atoms with Gasteiger partial charge in [-0.3, -0.25) is 0 Å². The van der Waals surface area contributed by atoms with E-state index in [1.807, 2.05) is 6.07 Å².